The Hall–Kier alpha value is -3.43. The molecule has 1 aromatic carbocycles. The number of aromatic nitrogens is 3. The van der Waals surface area contributed by atoms with Crippen LogP contribution in [0.25, 0.3) is 5.65 Å². The van der Waals surface area contributed by atoms with E-state index in [0.717, 1.165) is 0 Å². The van der Waals surface area contributed by atoms with E-state index in [1.807, 2.05) is 0 Å². The molecule has 0 aliphatic carbocycles. The van der Waals surface area contributed by atoms with Gasteiger partial charge in [0, 0.05) is 29.2 Å². The van der Waals surface area contributed by atoms with Crippen molar-refractivity contribution in [3.63, 3.8) is 0 Å². The maximum atomic E-state index is 12.8. The summed E-state index contributed by atoms with van der Waals surface area (Å²) in [4.78, 5) is 21.1. The van der Waals surface area contributed by atoms with Crippen molar-refractivity contribution in [2.45, 2.75) is 11.8 Å². The summed E-state index contributed by atoms with van der Waals surface area (Å²) in [6, 6.07) is 14.1. The number of pyridine rings is 2. The summed E-state index contributed by atoms with van der Waals surface area (Å²) < 4.78 is 29.0. The Balaban J connectivity index is 1.54. The maximum Gasteiger partial charge on any atom is 0.274 e. The smallest absolute Gasteiger partial charge is 0.274 e. The van der Waals surface area contributed by atoms with Crippen molar-refractivity contribution in [2.24, 2.45) is 0 Å². The normalized spacial score (nSPS) is 11.4. The summed E-state index contributed by atoms with van der Waals surface area (Å²) >= 11 is 5.98. The summed E-state index contributed by atoms with van der Waals surface area (Å²) in [5, 5.41) is 3.28. The quantitative estimate of drug-likeness (QED) is 0.490. The van der Waals surface area contributed by atoms with Gasteiger partial charge in [0.25, 0.3) is 15.9 Å². The molecule has 2 N–H and O–H groups in total. The fraction of sp³-hybridized carbons (Fsp3) is 0.0500. The molecular formula is C20H16ClN5O3S. The zero-order chi connectivity index (χ0) is 21.3. The van der Waals surface area contributed by atoms with Gasteiger partial charge in [-0.2, -0.15) is 0 Å². The standard InChI is InChI=1S/C20H16ClN5O3S/c1-13-19(26-11-9-14(21)12-18(26)23-13)20(27)24-15-5-7-16(8-6-15)30(28,29)25-17-4-2-3-10-22-17/h2-12H,1H3,(H,22,25)(H,24,27). The Kier molecular flexibility index (Phi) is 5.15. The molecule has 0 radical (unpaired) electrons. The van der Waals surface area contributed by atoms with Gasteiger partial charge in [0.1, 0.15) is 17.2 Å². The highest BCUT2D eigenvalue weighted by atomic mass is 35.5. The number of nitrogens with zero attached hydrogens (tertiary/aromatic N) is 3. The van der Waals surface area contributed by atoms with Gasteiger partial charge in [0.05, 0.1) is 10.6 Å². The minimum absolute atomic E-state index is 0.0479. The molecule has 0 aliphatic rings. The van der Waals surface area contributed by atoms with E-state index in [2.05, 4.69) is 20.0 Å². The van der Waals surface area contributed by atoms with Crippen LogP contribution in [0.1, 0.15) is 16.2 Å². The molecule has 3 heterocycles. The molecule has 3 aromatic heterocycles. The van der Waals surface area contributed by atoms with Gasteiger partial charge >= 0.3 is 0 Å². The van der Waals surface area contributed by atoms with Crippen LogP contribution >= 0.6 is 11.6 Å². The van der Waals surface area contributed by atoms with Gasteiger partial charge in [-0.1, -0.05) is 17.7 Å². The van der Waals surface area contributed by atoms with E-state index < -0.39 is 10.0 Å². The minimum atomic E-state index is -3.79. The Labute approximate surface area is 177 Å². The molecule has 30 heavy (non-hydrogen) atoms. The van der Waals surface area contributed by atoms with Gasteiger partial charge in [-0.3, -0.25) is 13.9 Å². The van der Waals surface area contributed by atoms with E-state index in [0.29, 0.717) is 27.7 Å². The Morgan fingerprint density at radius 2 is 1.87 bits per heavy atom. The largest absolute Gasteiger partial charge is 0.321 e. The van der Waals surface area contributed by atoms with Gasteiger partial charge < -0.3 is 5.32 Å². The van der Waals surface area contributed by atoms with Gasteiger partial charge in [-0.15, -0.1) is 0 Å². The average molecular weight is 442 g/mol. The summed E-state index contributed by atoms with van der Waals surface area (Å²) in [7, 11) is -3.79. The van der Waals surface area contributed by atoms with Crippen LogP contribution < -0.4 is 10.0 Å². The minimum Gasteiger partial charge on any atom is -0.321 e. The van der Waals surface area contributed by atoms with Crippen LogP contribution in [-0.2, 0) is 10.0 Å². The summed E-state index contributed by atoms with van der Waals surface area (Å²) in [5.41, 5.74) is 1.93. The number of hydrogen-bond donors (Lipinski definition) is 2. The van der Waals surface area contributed by atoms with Gasteiger partial charge in [-0.25, -0.2) is 18.4 Å². The van der Waals surface area contributed by atoms with Gasteiger partial charge in [0.2, 0.25) is 0 Å². The van der Waals surface area contributed by atoms with E-state index in [1.54, 1.807) is 47.9 Å². The van der Waals surface area contributed by atoms with Crippen molar-refractivity contribution >= 4 is 44.7 Å². The number of nitrogens with one attached hydrogen (secondary N) is 2. The molecule has 0 saturated carbocycles. The fourth-order valence-corrected chi connectivity index (χ4v) is 4.10. The molecule has 4 rings (SSSR count). The molecule has 0 unspecified atom stereocenters. The van der Waals surface area contributed by atoms with Crippen molar-refractivity contribution in [1.29, 1.82) is 0 Å². The highest BCUT2D eigenvalue weighted by Gasteiger charge is 2.18. The first-order chi connectivity index (χ1) is 14.3. The van der Waals surface area contributed by atoms with Crippen LogP contribution in [-0.4, -0.2) is 28.7 Å². The van der Waals surface area contributed by atoms with Crippen molar-refractivity contribution in [1.82, 2.24) is 14.4 Å². The number of benzene rings is 1. The maximum absolute atomic E-state index is 12.8. The number of imidazole rings is 1. The highest BCUT2D eigenvalue weighted by Crippen LogP contribution is 2.20. The fourth-order valence-electron chi connectivity index (χ4n) is 2.94. The lowest BCUT2D eigenvalue weighted by molar-refractivity contribution is 0.102. The molecule has 152 valence electrons. The molecule has 4 aromatic rings. The van der Waals surface area contributed by atoms with E-state index >= 15 is 0 Å². The Morgan fingerprint density at radius 1 is 1.10 bits per heavy atom. The van der Waals surface area contributed by atoms with Crippen molar-refractivity contribution in [3.05, 3.63) is 83.4 Å². The van der Waals surface area contributed by atoms with Gasteiger partial charge in [0.15, 0.2) is 0 Å². The Morgan fingerprint density at radius 3 is 2.57 bits per heavy atom. The average Bonchev–Trinajstić information content (AvgIpc) is 3.03. The lowest BCUT2D eigenvalue weighted by Crippen LogP contribution is -2.16. The van der Waals surface area contributed by atoms with E-state index in [4.69, 9.17) is 11.6 Å². The molecule has 0 spiro atoms. The molecule has 0 fully saturated rings. The molecule has 10 heteroatoms. The van der Waals surface area contributed by atoms with Crippen LogP contribution in [0.4, 0.5) is 11.5 Å². The third kappa shape index (κ3) is 3.98. The van der Waals surface area contributed by atoms with Crippen LogP contribution in [0.3, 0.4) is 0 Å². The number of anilines is 2. The van der Waals surface area contributed by atoms with Crippen molar-refractivity contribution in [3.8, 4) is 0 Å². The first-order valence-electron chi connectivity index (χ1n) is 8.83. The summed E-state index contributed by atoms with van der Waals surface area (Å²) in [6.45, 7) is 1.73. The molecule has 0 aliphatic heterocycles. The molecule has 0 saturated heterocycles. The molecule has 0 bridgehead atoms. The zero-order valence-corrected chi connectivity index (χ0v) is 17.3. The number of aryl methyl sites for hydroxylation is 1. The number of halogens is 1. The second kappa shape index (κ2) is 7.77. The van der Waals surface area contributed by atoms with E-state index in [1.165, 1.54) is 30.5 Å². The monoisotopic (exact) mass is 441 g/mol. The second-order valence-electron chi connectivity index (χ2n) is 6.42. The third-order valence-electron chi connectivity index (χ3n) is 4.30. The first-order valence-corrected chi connectivity index (χ1v) is 10.7. The molecule has 8 nitrogen and oxygen atoms in total. The molecule has 1 amide bonds. The number of carbonyl (C=O) groups is 1. The van der Waals surface area contributed by atoms with Crippen molar-refractivity contribution < 1.29 is 13.2 Å². The summed E-state index contributed by atoms with van der Waals surface area (Å²) in [5.74, 6) is -0.150. The highest BCUT2D eigenvalue weighted by molar-refractivity contribution is 7.92. The van der Waals surface area contributed by atoms with Crippen LogP contribution in [0.2, 0.25) is 5.02 Å². The zero-order valence-electron chi connectivity index (χ0n) is 15.7. The van der Waals surface area contributed by atoms with Crippen LogP contribution in [0.5, 0.6) is 0 Å². The first kappa shape index (κ1) is 19.9. The number of fused-ring (bicyclic) bond motifs is 1. The SMILES string of the molecule is Cc1nc2cc(Cl)ccn2c1C(=O)Nc1ccc(S(=O)(=O)Nc2ccccn2)cc1. The summed E-state index contributed by atoms with van der Waals surface area (Å²) in [6.07, 6.45) is 3.16. The predicted molar refractivity (Wildman–Crippen MR) is 114 cm³/mol. The van der Waals surface area contributed by atoms with Crippen LogP contribution in [0, 0.1) is 6.92 Å². The number of amides is 1. The molecule has 0 atom stereocenters. The van der Waals surface area contributed by atoms with Gasteiger partial charge in [-0.05, 0) is 49.4 Å². The third-order valence-corrected chi connectivity index (χ3v) is 5.91. The number of rotatable bonds is 5. The number of hydrogen-bond acceptors (Lipinski definition) is 5. The lowest BCUT2D eigenvalue weighted by atomic mass is 10.3. The second-order valence-corrected chi connectivity index (χ2v) is 8.54. The van der Waals surface area contributed by atoms with E-state index in [-0.39, 0.29) is 16.6 Å². The van der Waals surface area contributed by atoms with Crippen LogP contribution in [0.15, 0.2) is 71.9 Å². The predicted octanol–water partition coefficient (Wildman–Crippen LogP) is 3.74. The number of carbonyl (C=O) groups excluding carboxylic acids is 1. The number of sulfonamides is 1. The van der Waals surface area contributed by atoms with Crippen molar-refractivity contribution in [2.75, 3.05) is 10.0 Å². The lowest BCUT2D eigenvalue weighted by Gasteiger charge is -2.09. The topological polar surface area (TPSA) is 105 Å². The molecular weight excluding hydrogens is 426 g/mol. The Bertz CT molecular complexity index is 1340. The van der Waals surface area contributed by atoms with E-state index in [9.17, 15) is 13.2 Å².